The molecule has 1 aromatic heterocycles. The molecule has 4 rings (SSSR count). The summed E-state index contributed by atoms with van der Waals surface area (Å²) >= 11 is 0. The van der Waals surface area contributed by atoms with E-state index in [9.17, 15) is 4.79 Å². The molecule has 0 spiro atoms. The average Bonchev–Trinajstić information content (AvgIpc) is 2.82. The van der Waals surface area contributed by atoms with E-state index in [2.05, 4.69) is 55.2 Å². The van der Waals surface area contributed by atoms with Crippen LogP contribution in [0.15, 0.2) is 47.4 Å². The van der Waals surface area contributed by atoms with Gasteiger partial charge in [-0.15, -0.1) is 0 Å². The molecule has 1 N–H and O–H groups in total. The molecular formula is C17H16N2O. The lowest BCUT2D eigenvalue weighted by Gasteiger charge is -2.34. The summed E-state index contributed by atoms with van der Waals surface area (Å²) in [5, 5.41) is 2.55. The van der Waals surface area contributed by atoms with Crippen LogP contribution in [-0.2, 0) is 12.0 Å². The van der Waals surface area contributed by atoms with Crippen molar-refractivity contribution in [3.05, 3.63) is 58.6 Å². The molecule has 3 aromatic rings. The highest BCUT2D eigenvalue weighted by Gasteiger charge is 2.32. The highest BCUT2D eigenvalue weighted by Crippen LogP contribution is 2.39. The first-order chi connectivity index (χ1) is 9.58. The number of benzene rings is 2. The van der Waals surface area contributed by atoms with Gasteiger partial charge in [-0.25, -0.2) is 4.79 Å². The van der Waals surface area contributed by atoms with Gasteiger partial charge in [0.05, 0.1) is 5.69 Å². The first-order valence-corrected chi connectivity index (χ1v) is 6.90. The Bertz CT molecular complexity index is 883. The van der Waals surface area contributed by atoms with E-state index in [1.165, 1.54) is 21.9 Å². The second-order valence-electron chi connectivity index (χ2n) is 6.12. The van der Waals surface area contributed by atoms with Crippen molar-refractivity contribution < 1.29 is 0 Å². The molecule has 0 saturated heterocycles. The molecule has 1 aliphatic heterocycles. The molecule has 0 saturated carbocycles. The van der Waals surface area contributed by atoms with E-state index >= 15 is 0 Å². The summed E-state index contributed by atoms with van der Waals surface area (Å²) in [4.78, 5) is 14.9. The van der Waals surface area contributed by atoms with E-state index in [4.69, 9.17) is 0 Å². The molecule has 3 nitrogen and oxygen atoms in total. The van der Waals surface area contributed by atoms with Gasteiger partial charge in [0.1, 0.15) is 0 Å². The molecule has 2 aromatic carbocycles. The third-order valence-corrected chi connectivity index (χ3v) is 4.31. The van der Waals surface area contributed by atoms with Crippen LogP contribution in [0.1, 0.15) is 19.4 Å². The minimum Gasteiger partial charge on any atom is -0.312 e. The van der Waals surface area contributed by atoms with Gasteiger partial charge in [-0.2, -0.15) is 0 Å². The Morgan fingerprint density at radius 3 is 2.80 bits per heavy atom. The molecule has 0 bridgehead atoms. The van der Waals surface area contributed by atoms with Crippen molar-refractivity contribution >= 4 is 10.8 Å². The number of imidazole rings is 1. The van der Waals surface area contributed by atoms with Gasteiger partial charge in [0, 0.05) is 17.3 Å². The van der Waals surface area contributed by atoms with Crippen LogP contribution < -0.4 is 5.69 Å². The van der Waals surface area contributed by atoms with Crippen LogP contribution in [0, 0.1) is 0 Å². The average molecular weight is 264 g/mol. The molecule has 0 unspecified atom stereocenters. The van der Waals surface area contributed by atoms with Crippen molar-refractivity contribution in [3.63, 3.8) is 0 Å². The minimum absolute atomic E-state index is 0.0243. The Labute approximate surface area is 116 Å². The predicted molar refractivity (Wildman–Crippen MR) is 81.0 cm³/mol. The molecule has 1 aliphatic rings. The number of nitrogens with zero attached hydrogens (tertiary/aromatic N) is 1. The molecule has 0 amide bonds. The Kier molecular flexibility index (Phi) is 2.09. The van der Waals surface area contributed by atoms with Crippen molar-refractivity contribution in [1.82, 2.24) is 9.55 Å². The SMILES string of the molecule is CC1(C)Cc2c(ccc3ccccc23)-c2c[nH]c(=O)n21. The van der Waals surface area contributed by atoms with Gasteiger partial charge in [0.15, 0.2) is 0 Å². The highest BCUT2D eigenvalue weighted by molar-refractivity contribution is 5.92. The van der Waals surface area contributed by atoms with E-state index in [0.717, 1.165) is 12.1 Å². The molecule has 100 valence electrons. The highest BCUT2D eigenvalue weighted by atomic mass is 16.1. The fraction of sp³-hybridized carbons (Fsp3) is 0.235. The summed E-state index contributed by atoms with van der Waals surface area (Å²) in [6.45, 7) is 4.24. The van der Waals surface area contributed by atoms with Crippen LogP contribution in [0.3, 0.4) is 0 Å². The Morgan fingerprint density at radius 1 is 1.15 bits per heavy atom. The van der Waals surface area contributed by atoms with Gasteiger partial charge >= 0.3 is 5.69 Å². The summed E-state index contributed by atoms with van der Waals surface area (Å²) in [5.41, 5.74) is 3.27. The van der Waals surface area contributed by atoms with Gasteiger partial charge in [0.2, 0.25) is 0 Å². The number of aromatic amines is 1. The normalized spacial score (nSPS) is 15.9. The molecular weight excluding hydrogens is 248 g/mol. The summed E-state index contributed by atoms with van der Waals surface area (Å²) in [5.74, 6) is 0. The lowest BCUT2D eigenvalue weighted by molar-refractivity contribution is 0.340. The van der Waals surface area contributed by atoms with Crippen molar-refractivity contribution in [1.29, 1.82) is 0 Å². The van der Waals surface area contributed by atoms with Gasteiger partial charge in [-0.05, 0) is 36.6 Å². The zero-order valence-electron chi connectivity index (χ0n) is 11.6. The number of fused-ring (bicyclic) bond motifs is 5. The second kappa shape index (κ2) is 3.63. The number of rotatable bonds is 0. The number of hydrogen-bond donors (Lipinski definition) is 1. The standard InChI is InChI=1S/C17H16N2O/c1-17(2)9-14-12-6-4-3-5-11(12)7-8-13(14)15-10-18-16(20)19(15)17/h3-8,10H,9H2,1-2H3,(H,18,20). The lowest BCUT2D eigenvalue weighted by Crippen LogP contribution is -2.39. The first kappa shape index (κ1) is 11.5. The fourth-order valence-electron chi connectivity index (χ4n) is 3.45. The van der Waals surface area contributed by atoms with E-state index < -0.39 is 0 Å². The maximum absolute atomic E-state index is 12.1. The Balaban J connectivity index is 2.15. The molecule has 0 atom stereocenters. The van der Waals surface area contributed by atoms with E-state index in [-0.39, 0.29) is 11.2 Å². The van der Waals surface area contributed by atoms with Gasteiger partial charge < -0.3 is 4.98 Å². The minimum atomic E-state index is -0.205. The molecule has 0 aliphatic carbocycles. The van der Waals surface area contributed by atoms with Crippen LogP contribution >= 0.6 is 0 Å². The summed E-state index contributed by atoms with van der Waals surface area (Å²) in [6, 6.07) is 12.7. The van der Waals surface area contributed by atoms with Crippen molar-refractivity contribution in [3.8, 4) is 11.3 Å². The predicted octanol–water partition coefficient (Wildman–Crippen LogP) is 3.29. The molecule has 3 heteroatoms. The van der Waals surface area contributed by atoms with E-state index in [1.807, 2.05) is 10.8 Å². The Hall–Kier alpha value is -2.29. The lowest BCUT2D eigenvalue weighted by atomic mass is 9.83. The van der Waals surface area contributed by atoms with Gasteiger partial charge in [-0.1, -0.05) is 36.4 Å². The zero-order chi connectivity index (χ0) is 13.9. The van der Waals surface area contributed by atoms with Crippen molar-refractivity contribution in [2.24, 2.45) is 0 Å². The summed E-state index contributed by atoms with van der Waals surface area (Å²) < 4.78 is 1.88. The van der Waals surface area contributed by atoms with Crippen LogP contribution in [-0.4, -0.2) is 9.55 Å². The van der Waals surface area contributed by atoms with E-state index in [0.29, 0.717) is 0 Å². The number of H-pyrrole nitrogens is 1. The monoisotopic (exact) mass is 264 g/mol. The largest absolute Gasteiger partial charge is 0.326 e. The van der Waals surface area contributed by atoms with Crippen LogP contribution in [0.25, 0.3) is 22.0 Å². The fourth-order valence-corrected chi connectivity index (χ4v) is 3.45. The second-order valence-corrected chi connectivity index (χ2v) is 6.12. The number of nitrogens with one attached hydrogen (secondary N) is 1. The molecule has 2 heterocycles. The van der Waals surface area contributed by atoms with Gasteiger partial charge in [0.25, 0.3) is 0 Å². The molecule has 0 radical (unpaired) electrons. The number of hydrogen-bond acceptors (Lipinski definition) is 1. The number of aromatic nitrogens is 2. The third kappa shape index (κ3) is 1.38. The van der Waals surface area contributed by atoms with Crippen molar-refractivity contribution in [2.75, 3.05) is 0 Å². The maximum Gasteiger partial charge on any atom is 0.326 e. The van der Waals surface area contributed by atoms with E-state index in [1.54, 1.807) is 0 Å². The maximum atomic E-state index is 12.1. The molecule has 20 heavy (non-hydrogen) atoms. The topological polar surface area (TPSA) is 37.8 Å². The quantitative estimate of drug-likeness (QED) is 0.664. The van der Waals surface area contributed by atoms with Crippen LogP contribution in [0.4, 0.5) is 0 Å². The third-order valence-electron chi connectivity index (χ3n) is 4.31. The first-order valence-electron chi connectivity index (χ1n) is 6.90. The smallest absolute Gasteiger partial charge is 0.312 e. The van der Waals surface area contributed by atoms with Gasteiger partial charge in [-0.3, -0.25) is 4.57 Å². The summed E-state index contributed by atoms with van der Waals surface area (Å²) in [6.07, 6.45) is 2.70. The zero-order valence-corrected chi connectivity index (χ0v) is 11.6. The summed E-state index contributed by atoms with van der Waals surface area (Å²) in [7, 11) is 0. The Morgan fingerprint density at radius 2 is 1.95 bits per heavy atom. The van der Waals surface area contributed by atoms with Crippen LogP contribution in [0.5, 0.6) is 0 Å². The molecule has 0 fully saturated rings. The van der Waals surface area contributed by atoms with Crippen LogP contribution in [0.2, 0.25) is 0 Å². The van der Waals surface area contributed by atoms with Crippen molar-refractivity contribution in [2.45, 2.75) is 25.8 Å².